The van der Waals surface area contributed by atoms with Crippen molar-refractivity contribution in [2.75, 3.05) is 13.6 Å². The van der Waals surface area contributed by atoms with E-state index >= 15 is 0 Å². The molecule has 0 saturated heterocycles. The van der Waals surface area contributed by atoms with Crippen LogP contribution >= 0.6 is 0 Å². The highest BCUT2D eigenvalue weighted by Crippen LogP contribution is 2.23. The average Bonchev–Trinajstić information content (AvgIpc) is 2.19. The molecule has 0 aromatic carbocycles. The lowest BCUT2D eigenvalue weighted by molar-refractivity contribution is -0.132. The maximum Gasteiger partial charge on any atom is 0.219 e. The molecule has 0 bridgehead atoms. The van der Waals surface area contributed by atoms with E-state index in [2.05, 4.69) is 12.2 Å². The lowest BCUT2D eigenvalue weighted by atomic mass is 9.89. The summed E-state index contributed by atoms with van der Waals surface area (Å²) in [4.78, 5) is 13.4. The molecule has 1 amide bonds. The summed E-state index contributed by atoms with van der Waals surface area (Å²) in [6, 6.07) is 0.906. The predicted molar refractivity (Wildman–Crippen MR) is 58.2 cm³/mol. The molecule has 1 fully saturated rings. The fourth-order valence-electron chi connectivity index (χ4n) is 2.51. The summed E-state index contributed by atoms with van der Waals surface area (Å²) in [7, 11) is 2.00. The molecule has 1 aliphatic rings. The van der Waals surface area contributed by atoms with Crippen LogP contribution in [0.4, 0.5) is 0 Å². The van der Waals surface area contributed by atoms with Crippen molar-refractivity contribution in [3.05, 3.63) is 0 Å². The number of hydrogen-bond donors (Lipinski definition) is 1. The standard InChI is InChI=1S/C11H22N2O/c1-4-13(9(2)14)11-8-6-5-7-10(11)12-3/h10-12H,4-8H2,1-3H3. The van der Waals surface area contributed by atoms with Crippen molar-refractivity contribution in [1.29, 1.82) is 0 Å². The minimum atomic E-state index is 0.208. The molecule has 1 N–H and O–H groups in total. The second kappa shape index (κ2) is 5.35. The van der Waals surface area contributed by atoms with Crippen molar-refractivity contribution < 1.29 is 4.79 Å². The molecule has 14 heavy (non-hydrogen) atoms. The smallest absolute Gasteiger partial charge is 0.219 e. The monoisotopic (exact) mass is 198 g/mol. The van der Waals surface area contributed by atoms with Gasteiger partial charge in [-0.3, -0.25) is 4.79 Å². The zero-order chi connectivity index (χ0) is 10.6. The van der Waals surface area contributed by atoms with E-state index in [0.29, 0.717) is 12.1 Å². The first-order valence-corrected chi connectivity index (χ1v) is 5.65. The third-order valence-corrected chi connectivity index (χ3v) is 3.25. The second-order valence-electron chi connectivity index (χ2n) is 4.05. The lowest BCUT2D eigenvalue weighted by Crippen LogP contribution is -2.52. The molecule has 1 aliphatic carbocycles. The topological polar surface area (TPSA) is 32.3 Å². The lowest BCUT2D eigenvalue weighted by Gasteiger charge is -2.39. The van der Waals surface area contributed by atoms with E-state index < -0.39 is 0 Å². The fourth-order valence-corrected chi connectivity index (χ4v) is 2.51. The second-order valence-corrected chi connectivity index (χ2v) is 4.05. The van der Waals surface area contributed by atoms with Crippen LogP contribution in [0.2, 0.25) is 0 Å². The first-order chi connectivity index (χ1) is 6.70. The summed E-state index contributed by atoms with van der Waals surface area (Å²) in [5.74, 6) is 0.208. The van der Waals surface area contributed by atoms with Crippen molar-refractivity contribution in [3.63, 3.8) is 0 Å². The van der Waals surface area contributed by atoms with Gasteiger partial charge in [0.05, 0.1) is 0 Å². The molecular formula is C11H22N2O. The minimum absolute atomic E-state index is 0.208. The summed E-state index contributed by atoms with van der Waals surface area (Å²) in [5.41, 5.74) is 0. The van der Waals surface area contributed by atoms with E-state index in [1.165, 1.54) is 19.3 Å². The number of amides is 1. The molecule has 2 unspecified atom stereocenters. The van der Waals surface area contributed by atoms with Crippen LogP contribution in [0, 0.1) is 0 Å². The largest absolute Gasteiger partial charge is 0.339 e. The average molecular weight is 198 g/mol. The quantitative estimate of drug-likeness (QED) is 0.743. The molecule has 82 valence electrons. The van der Waals surface area contributed by atoms with Gasteiger partial charge < -0.3 is 10.2 Å². The van der Waals surface area contributed by atoms with Gasteiger partial charge in [0.1, 0.15) is 0 Å². The predicted octanol–water partition coefficient (Wildman–Crippen LogP) is 1.39. The summed E-state index contributed by atoms with van der Waals surface area (Å²) in [6.45, 7) is 4.56. The number of rotatable bonds is 3. The Labute approximate surface area is 86.9 Å². The van der Waals surface area contributed by atoms with Gasteiger partial charge in [-0.05, 0) is 26.8 Å². The number of nitrogens with one attached hydrogen (secondary N) is 1. The van der Waals surface area contributed by atoms with Gasteiger partial charge in [-0.2, -0.15) is 0 Å². The molecule has 0 heterocycles. The first kappa shape index (κ1) is 11.5. The molecule has 3 nitrogen and oxygen atoms in total. The molecule has 0 spiro atoms. The van der Waals surface area contributed by atoms with E-state index in [9.17, 15) is 4.79 Å². The van der Waals surface area contributed by atoms with Crippen LogP contribution in [0.15, 0.2) is 0 Å². The summed E-state index contributed by atoms with van der Waals surface area (Å²) in [5, 5.41) is 3.33. The molecule has 2 atom stereocenters. The third kappa shape index (κ3) is 2.47. The highest BCUT2D eigenvalue weighted by Gasteiger charge is 2.29. The SMILES string of the molecule is CCN(C(C)=O)C1CCCCC1NC. The number of nitrogens with zero attached hydrogens (tertiary/aromatic N) is 1. The zero-order valence-corrected chi connectivity index (χ0v) is 9.55. The van der Waals surface area contributed by atoms with Crippen LogP contribution in [0.5, 0.6) is 0 Å². The fraction of sp³-hybridized carbons (Fsp3) is 0.909. The van der Waals surface area contributed by atoms with Gasteiger partial charge in [0.2, 0.25) is 5.91 Å². The highest BCUT2D eigenvalue weighted by atomic mass is 16.2. The summed E-state index contributed by atoms with van der Waals surface area (Å²) >= 11 is 0. The molecule has 3 heteroatoms. The van der Waals surface area contributed by atoms with Gasteiger partial charge in [0.25, 0.3) is 0 Å². The molecule has 0 radical (unpaired) electrons. The van der Waals surface area contributed by atoms with Gasteiger partial charge in [-0.25, -0.2) is 0 Å². The van der Waals surface area contributed by atoms with Crippen molar-refractivity contribution >= 4 is 5.91 Å². The molecule has 0 aromatic heterocycles. The van der Waals surface area contributed by atoms with E-state index in [1.807, 2.05) is 11.9 Å². The van der Waals surface area contributed by atoms with E-state index in [1.54, 1.807) is 6.92 Å². The first-order valence-electron chi connectivity index (χ1n) is 5.65. The number of carbonyl (C=O) groups excluding carboxylic acids is 1. The van der Waals surface area contributed by atoms with Crippen molar-refractivity contribution in [3.8, 4) is 0 Å². The highest BCUT2D eigenvalue weighted by molar-refractivity contribution is 5.73. The van der Waals surface area contributed by atoms with Gasteiger partial charge in [0, 0.05) is 25.6 Å². The molecule has 1 saturated carbocycles. The Balaban J connectivity index is 2.65. The van der Waals surface area contributed by atoms with Crippen LogP contribution in [0.1, 0.15) is 39.5 Å². The molecule has 1 rings (SSSR count). The Morgan fingerprint density at radius 2 is 2.07 bits per heavy atom. The Kier molecular flexibility index (Phi) is 4.39. The van der Waals surface area contributed by atoms with Crippen LogP contribution < -0.4 is 5.32 Å². The Bertz CT molecular complexity index is 194. The van der Waals surface area contributed by atoms with Crippen molar-refractivity contribution in [2.24, 2.45) is 0 Å². The maximum absolute atomic E-state index is 11.4. The summed E-state index contributed by atoms with van der Waals surface area (Å²) < 4.78 is 0. The van der Waals surface area contributed by atoms with Crippen molar-refractivity contribution in [1.82, 2.24) is 10.2 Å². The maximum atomic E-state index is 11.4. The molecular weight excluding hydrogens is 176 g/mol. The Morgan fingerprint density at radius 1 is 1.43 bits per heavy atom. The van der Waals surface area contributed by atoms with Gasteiger partial charge in [-0.1, -0.05) is 12.8 Å². The van der Waals surface area contributed by atoms with Crippen LogP contribution in [0.25, 0.3) is 0 Å². The van der Waals surface area contributed by atoms with Gasteiger partial charge >= 0.3 is 0 Å². The molecule has 0 aliphatic heterocycles. The third-order valence-electron chi connectivity index (χ3n) is 3.25. The van der Waals surface area contributed by atoms with E-state index in [-0.39, 0.29) is 5.91 Å². The van der Waals surface area contributed by atoms with E-state index in [4.69, 9.17) is 0 Å². The Hall–Kier alpha value is -0.570. The minimum Gasteiger partial charge on any atom is -0.339 e. The molecule has 0 aromatic rings. The normalized spacial score (nSPS) is 27.4. The van der Waals surface area contributed by atoms with Crippen LogP contribution in [0.3, 0.4) is 0 Å². The Morgan fingerprint density at radius 3 is 2.57 bits per heavy atom. The van der Waals surface area contributed by atoms with E-state index in [0.717, 1.165) is 13.0 Å². The van der Waals surface area contributed by atoms with Crippen LogP contribution in [-0.4, -0.2) is 36.5 Å². The summed E-state index contributed by atoms with van der Waals surface area (Å²) in [6.07, 6.45) is 4.90. The number of carbonyl (C=O) groups is 1. The zero-order valence-electron chi connectivity index (χ0n) is 9.55. The van der Waals surface area contributed by atoms with Gasteiger partial charge in [0.15, 0.2) is 0 Å². The number of hydrogen-bond acceptors (Lipinski definition) is 2. The van der Waals surface area contributed by atoms with Crippen LogP contribution in [-0.2, 0) is 4.79 Å². The number of likely N-dealkylation sites (N-methyl/N-ethyl adjacent to an activating group) is 2. The van der Waals surface area contributed by atoms with Crippen molar-refractivity contribution in [2.45, 2.75) is 51.6 Å². The van der Waals surface area contributed by atoms with Gasteiger partial charge in [-0.15, -0.1) is 0 Å².